The van der Waals surface area contributed by atoms with Crippen molar-refractivity contribution >= 4 is 58.0 Å². The van der Waals surface area contributed by atoms with E-state index in [1.807, 2.05) is 0 Å². The van der Waals surface area contributed by atoms with Gasteiger partial charge in [-0.05, 0) is 35.1 Å². The third-order valence-corrected chi connectivity index (χ3v) is 8.67. The second kappa shape index (κ2) is 9.29. The molecule has 144 valence electrons. The fourth-order valence-electron chi connectivity index (χ4n) is 1.94. The number of hydrogen-bond donors (Lipinski definition) is 0. The molecular weight excluding hydrogens is 503 g/mol. The molecule has 25 heavy (non-hydrogen) atoms. The lowest BCUT2D eigenvalue weighted by Crippen LogP contribution is -2.36. The van der Waals surface area contributed by atoms with Gasteiger partial charge in [-0.15, -0.1) is 0 Å². The smallest absolute Gasteiger partial charge is 0.237 e. The molecule has 10 heteroatoms. The average Bonchev–Trinajstić information content (AvgIpc) is 2.48. The van der Waals surface area contributed by atoms with Crippen molar-refractivity contribution in [2.24, 2.45) is 0 Å². The Hall–Kier alpha value is 0.0269. The Labute approximate surface area is 168 Å². The van der Waals surface area contributed by atoms with Gasteiger partial charge in [-0.1, -0.05) is 38.2 Å². The summed E-state index contributed by atoms with van der Waals surface area (Å²) >= 11 is 7.64. The molecule has 0 amide bonds. The predicted octanol–water partition coefficient (Wildman–Crippen LogP) is 5.08. The standard InChI is InChI=1S/C15H23ClF2INO3SSi/c1-5-7-24(21,22)20(10-23-6-8-25(2,3)4)12-9-11(17)14(18)15(19)13(12)16/h9H,5-8,10H2,1-4H3. The molecule has 4 nitrogen and oxygen atoms in total. The predicted molar refractivity (Wildman–Crippen MR) is 110 cm³/mol. The molecule has 0 fully saturated rings. The minimum atomic E-state index is -3.77. The maximum absolute atomic E-state index is 13.8. The minimum absolute atomic E-state index is 0.105. The monoisotopic (exact) mass is 525 g/mol. The van der Waals surface area contributed by atoms with Crippen LogP contribution in [0.3, 0.4) is 0 Å². The van der Waals surface area contributed by atoms with Gasteiger partial charge in [0.05, 0.1) is 20.0 Å². The second-order valence-corrected chi connectivity index (χ2v) is 15.9. The molecule has 0 heterocycles. The Kier molecular flexibility index (Phi) is 8.57. The second-order valence-electron chi connectivity index (χ2n) is 6.83. The first-order chi connectivity index (χ1) is 11.4. The third kappa shape index (κ3) is 6.60. The first kappa shape index (κ1) is 23.1. The molecule has 0 aliphatic carbocycles. The number of benzene rings is 1. The van der Waals surface area contributed by atoms with Crippen molar-refractivity contribution < 1.29 is 21.9 Å². The summed E-state index contributed by atoms with van der Waals surface area (Å²) < 4.78 is 58.9. The lowest BCUT2D eigenvalue weighted by molar-refractivity contribution is 0.156. The average molecular weight is 526 g/mol. The number of hydrogen-bond acceptors (Lipinski definition) is 3. The van der Waals surface area contributed by atoms with Crippen LogP contribution in [0.4, 0.5) is 14.5 Å². The van der Waals surface area contributed by atoms with Crippen LogP contribution in [-0.2, 0) is 14.8 Å². The van der Waals surface area contributed by atoms with Crippen LogP contribution in [0.1, 0.15) is 13.3 Å². The minimum Gasteiger partial charge on any atom is -0.360 e. The Morgan fingerprint density at radius 2 is 1.92 bits per heavy atom. The number of anilines is 1. The van der Waals surface area contributed by atoms with Gasteiger partial charge < -0.3 is 4.74 Å². The van der Waals surface area contributed by atoms with E-state index in [1.54, 1.807) is 29.5 Å². The van der Waals surface area contributed by atoms with Gasteiger partial charge in [0, 0.05) is 20.7 Å². The normalized spacial score (nSPS) is 12.5. The van der Waals surface area contributed by atoms with E-state index in [2.05, 4.69) is 19.6 Å². The van der Waals surface area contributed by atoms with Crippen LogP contribution in [0, 0.1) is 15.2 Å². The molecule has 0 radical (unpaired) electrons. The summed E-state index contributed by atoms with van der Waals surface area (Å²) in [5.74, 6) is -2.39. The van der Waals surface area contributed by atoms with E-state index < -0.39 is 29.7 Å². The van der Waals surface area contributed by atoms with Gasteiger partial charge in [-0.3, -0.25) is 0 Å². The summed E-state index contributed by atoms with van der Waals surface area (Å²) in [4.78, 5) is 0. The molecule has 1 rings (SSSR count). The van der Waals surface area contributed by atoms with Crippen molar-refractivity contribution in [2.45, 2.75) is 39.0 Å². The molecule has 0 aliphatic rings. The van der Waals surface area contributed by atoms with E-state index in [4.69, 9.17) is 16.3 Å². The molecule has 0 unspecified atom stereocenters. The Morgan fingerprint density at radius 1 is 1.32 bits per heavy atom. The summed E-state index contributed by atoms with van der Waals surface area (Å²) in [6, 6.07) is 1.66. The van der Waals surface area contributed by atoms with Crippen molar-refractivity contribution in [1.82, 2.24) is 0 Å². The Bertz CT molecular complexity index is 714. The van der Waals surface area contributed by atoms with Crippen LogP contribution >= 0.6 is 34.2 Å². The summed E-state index contributed by atoms with van der Waals surface area (Å²) in [5.41, 5.74) is -0.105. The van der Waals surface area contributed by atoms with Gasteiger partial charge in [0.2, 0.25) is 10.0 Å². The number of sulfonamides is 1. The van der Waals surface area contributed by atoms with Gasteiger partial charge in [0.1, 0.15) is 6.73 Å². The zero-order chi connectivity index (χ0) is 19.4. The Morgan fingerprint density at radius 3 is 2.44 bits per heavy atom. The van der Waals surface area contributed by atoms with Crippen molar-refractivity contribution in [2.75, 3.05) is 23.4 Å². The number of halogens is 4. The molecule has 0 atom stereocenters. The highest BCUT2D eigenvalue weighted by molar-refractivity contribution is 14.1. The summed E-state index contributed by atoms with van der Waals surface area (Å²) in [5, 5.41) is -0.145. The van der Waals surface area contributed by atoms with Crippen molar-refractivity contribution in [3.63, 3.8) is 0 Å². The van der Waals surface area contributed by atoms with Crippen molar-refractivity contribution in [3.05, 3.63) is 26.3 Å². The van der Waals surface area contributed by atoms with Gasteiger partial charge in [0.25, 0.3) is 0 Å². The zero-order valence-electron chi connectivity index (χ0n) is 14.7. The molecule has 1 aromatic carbocycles. The molecule has 0 aliphatic heterocycles. The summed E-state index contributed by atoms with van der Waals surface area (Å²) in [6.45, 7) is 8.36. The largest absolute Gasteiger partial charge is 0.360 e. The molecule has 0 saturated heterocycles. The van der Waals surface area contributed by atoms with E-state index >= 15 is 0 Å². The number of nitrogens with zero attached hydrogens (tertiary/aromatic N) is 1. The quantitative estimate of drug-likeness (QED) is 0.113. The highest BCUT2D eigenvalue weighted by Gasteiger charge is 2.27. The fraction of sp³-hybridized carbons (Fsp3) is 0.600. The van der Waals surface area contributed by atoms with E-state index in [0.29, 0.717) is 13.0 Å². The molecule has 0 bridgehead atoms. The maximum atomic E-state index is 13.8. The molecule has 0 spiro atoms. The van der Waals surface area contributed by atoms with Crippen LogP contribution in [0.2, 0.25) is 30.7 Å². The van der Waals surface area contributed by atoms with Crippen molar-refractivity contribution in [3.8, 4) is 0 Å². The van der Waals surface area contributed by atoms with Gasteiger partial charge in [0.15, 0.2) is 11.6 Å². The van der Waals surface area contributed by atoms with Crippen LogP contribution in [-0.4, -0.2) is 35.6 Å². The van der Waals surface area contributed by atoms with Crippen LogP contribution in [0.5, 0.6) is 0 Å². The van der Waals surface area contributed by atoms with Crippen LogP contribution < -0.4 is 4.31 Å². The molecular formula is C15H23ClF2INO3SSi. The van der Waals surface area contributed by atoms with E-state index in [-0.39, 0.29) is 26.8 Å². The topological polar surface area (TPSA) is 46.6 Å². The number of rotatable bonds is 9. The van der Waals surface area contributed by atoms with E-state index in [9.17, 15) is 17.2 Å². The zero-order valence-corrected chi connectivity index (χ0v) is 19.4. The lowest BCUT2D eigenvalue weighted by Gasteiger charge is -2.26. The number of ether oxygens (including phenoxy) is 1. The van der Waals surface area contributed by atoms with E-state index in [0.717, 1.165) is 16.4 Å². The van der Waals surface area contributed by atoms with Gasteiger partial charge in [-0.25, -0.2) is 21.5 Å². The molecule has 0 N–H and O–H groups in total. The van der Waals surface area contributed by atoms with E-state index in [1.165, 1.54) is 0 Å². The third-order valence-electron chi connectivity index (χ3n) is 3.35. The van der Waals surface area contributed by atoms with Crippen molar-refractivity contribution in [1.29, 1.82) is 0 Å². The van der Waals surface area contributed by atoms with Crippen LogP contribution in [0.25, 0.3) is 0 Å². The SMILES string of the molecule is CCCS(=O)(=O)N(COCC[Si](C)(C)C)c1cc(F)c(F)c(I)c1Cl. The van der Waals surface area contributed by atoms with Gasteiger partial charge in [-0.2, -0.15) is 0 Å². The molecule has 1 aromatic rings. The first-order valence-corrected chi connectivity index (χ1v) is 14.6. The fourth-order valence-corrected chi connectivity index (χ4v) is 4.93. The van der Waals surface area contributed by atoms with Gasteiger partial charge >= 0.3 is 0 Å². The Balaban J connectivity index is 3.17. The lowest BCUT2D eigenvalue weighted by atomic mass is 10.3. The highest BCUT2D eigenvalue weighted by atomic mass is 127. The first-order valence-electron chi connectivity index (χ1n) is 7.82. The van der Waals surface area contributed by atoms with Crippen LogP contribution in [0.15, 0.2) is 6.07 Å². The summed E-state index contributed by atoms with van der Waals surface area (Å²) in [7, 11) is -5.10. The maximum Gasteiger partial charge on any atom is 0.237 e. The molecule has 0 aromatic heterocycles. The summed E-state index contributed by atoms with van der Waals surface area (Å²) in [6.07, 6.45) is 0.381. The molecule has 0 saturated carbocycles. The highest BCUT2D eigenvalue weighted by Crippen LogP contribution is 2.35.